The maximum Gasteiger partial charge on any atom is 0.0414 e. The quantitative estimate of drug-likeness (QED) is 0.0430. The van der Waals surface area contributed by atoms with Crippen LogP contribution in [0.4, 0.5) is 0 Å². The van der Waals surface area contributed by atoms with E-state index < -0.39 is 23.9 Å². The van der Waals surface area contributed by atoms with Crippen LogP contribution in [0, 0.1) is 0 Å². The van der Waals surface area contributed by atoms with Crippen LogP contribution in [-0.4, -0.2) is 23.9 Å². The molecule has 0 bridgehead atoms. The van der Waals surface area contributed by atoms with Crippen LogP contribution >= 0.6 is 0 Å². The Balaban J connectivity index is -0.000000316. The number of unbranched alkanes of at least 4 members (excludes halogenated alkanes) is 44. The molecule has 0 amide bonds. The van der Waals surface area contributed by atoms with Gasteiger partial charge in [-0.2, -0.15) is 0 Å². The molecule has 0 saturated carbocycles. The summed E-state index contributed by atoms with van der Waals surface area (Å²) in [5.74, 6) is -3.66. The second-order valence-electron chi connectivity index (χ2n) is 22.8. The van der Waals surface area contributed by atoms with E-state index in [2.05, 4.69) is 76.3 Å². The number of carbonyl (C=O) groups excluding carboxylic acids is 4. The van der Waals surface area contributed by atoms with E-state index in [-0.39, 0.29) is 46.7 Å². The third-order valence-electron chi connectivity index (χ3n) is 14.6. The Kier molecular flexibility index (Phi) is 90.5. The smallest absolute Gasteiger partial charge is 0.0414 e. The van der Waals surface area contributed by atoms with Crippen LogP contribution in [0.1, 0.15) is 387 Å². The van der Waals surface area contributed by atoms with Gasteiger partial charge >= 0.3 is 0 Å². The molecule has 0 aliphatic rings. The monoisotopic (exact) mass is 1310 g/mol. The summed E-state index contributed by atoms with van der Waals surface area (Å²) < 4.78 is 0. The van der Waals surface area contributed by atoms with Crippen molar-refractivity contribution in [3.8, 4) is 0 Å². The molecule has 9 heteroatoms. The van der Waals surface area contributed by atoms with E-state index in [9.17, 15) is 39.6 Å². The minimum Gasteiger partial charge on any atom is -0.550 e. The van der Waals surface area contributed by atoms with Gasteiger partial charge in [-0.05, 0) is 154 Å². The predicted octanol–water partition coefficient (Wildman–Crippen LogP) is 19.1. The summed E-state index contributed by atoms with van der Waals surface area (Å²) in [5.41, 5.74) is 0. The van der Waals surface area contributed by atoms with Gasteiger partial charge in [0.1, 0.15) is 0 Å². The fraction of sp³-hybridized carbons (Fsp3) is 0.833. The molecule has 0 saturated heterocycles. The number of carboxylic acid groups (broad SMARTS) is 4. The number of allylic oxidation sites excluding steroid dienone is 8. The number of carboxylic acids is 4. The van der Waals surface area contributed by atoms with Gasteiger partial charge in [-0.15, -0.1) is 0 Å². The van der Waals surface area contributed by atoms with Crippen LogP contribution in [0.5, 0.6) is 0 Å². The van der Waals surface area contributed by atoms with Crippen molar-refractivity contribution in [1.29, 1.82) is 0 Å². The first-order chi connectivity index (χ1) is 39.1. The molecule has 0 aromatic rings. The van der Waals surface area contributed by atoms with Crippen molar-refractivity contribution >= 4 is 23.9 Å². The molecule has 0 aromatic carbocycles. The molecule has 0 atom stereocenters. The SMILES string of the molecule is CCCCCCCC/C=C\CCCCCCCC(=O)[O-].CCCCCCCC/C=C\CCCCCCCC(=O)[O-].CCCCCCCC/C=C\CCCCCCCC(=O)[O-].CCCCCCCC/C=C\CCCCCCCC(=O)[O-].[W]. The Hall–Kier alpha value is -2.47. The second kappa shape index (κ2) is 84.0. The molecule has 0 radical (unpaired) electrons. The van der Waals surface area contributed by atoms with Gasteiger partial charge in [-0.3, -0.25) is 0 Å². The Labute approximate surface area is 517 Å². The zero-order valence-corrected chi connectivity index (χ0v) is 56.8. The molecular formula is C72H132O8W-4. The average Bonchev–Trinajstić information content (AvgIpc) is 3.43. The molecule has 0 fully saturated rings. The van der Waals surface area contributed by atoms with E-state index in [1.807, 2.05) is 0 Å². The first kappa shape index (κ1) is 87.3. The maximum absolute atomic E-state index is 10.2. The second-order valence-corrected chi connectivity index (χ2v) is 22.8. The van der Waals surface area contributed by atoms with Crippen LogP contribution in [-0.2, 0) is 40.2 Å². The molecule has 478 valence electrons. The van der Waals surface area contributed by atoms with Crippen molar-refractivity contribution in [1.82, 2.24) is 0 Å². The van der Waals surface area contributed by atoms with Crippen molar-refractivity contribution in [2.24, 2.45) is 0 Å². The van der Waals surface area contributed by atoms with E-state index in [0.717, 1.165) is 77.0 Å². The fourth-order valence-corrected chi connectivity index (χ4v) is 9.36. The number of hydrogen-bond acceptors (Lipinski definition) is 8. The fourth-order valence-electron chi connectivity index (χ4n) is 9.36. The summed E-state index contributed by atoms with van der Waals surface area (Å²) in [5, 5.41) is 40.9. The molecule has 0 aliphatic heterocycles. The zero-order valence-electron chi connectivity index (χ0n) is 53.9. The molecular weight excluding hydrogens is 1180 g/mol. The van der Waals surface area contributed by atoms with Crippen LogP contribution in [0.3, 0.4) is 0 Å². The van der Waals surface area contributed by atoms with Gasteiger partial charge in [-0.25, -0.2) is 0 Å². The molecule has 81 heavy (non-hydrogen) atoms. The first-order valence-corrected chi connectivity index (χ1v) is 34.5. The molecule has 0 rings (SSSR count). The summed E-state index contributed by atoms with van der Waals surface area (Å²) in [6, 6.07) is 0. The third-order valence-corrected chi connectivity index (χ3v) is 14.6. The Morgan fingerprint density at radius 3 is 0.432 bits per heavy atom. The average molecular weight is 1310 g/mol. The standard InChI is InChI=1S/4C18H34O2.W/c4*1-2-3-4-5-6-7-8-9-10-11-12-13-14-15-16-17-18(19)20;/h4*9-10H,2-8,11-17H2,1H3,(H,19,20);/p-4/b4*10-9-;. The van der Waals surface area contributed by atoms with Gasteiger partial charge in [0, 0.05) is 44.9 Å². The van der Waals surface area contributed by atoms with Crippen LogP contribution in [0.25, 0.3) is 0 Å². The van der Waals surface area contributed by atoms with Crippen LogP contribution in [0.2, 0.25) is 0 Å². The minimum atomic E-state index is -0.914. The predicted molar refractivity (Wildman–Crippen MR) is 338 cm³/mol. The van der Waals surface area contributed by atoms with Crippen molar-refractivity contribution < 1.29 is 60.7 Å². The van der Waals surface area contributed by atoms with Crippen molar-refractivity contribution in [2.75, 3.05) is 0 Å². The zero-order chi connectivity index (χ0) is 59.6. The number of hydrogen-bond donors (Lipinski definition) is 0. The summed E-state index contributed by atoms with van der Waals surface area (Å²) in [7, 11) is 0. The number of aliphatic carboxylic acids is 4. The van der Waals surface area contributed by atoms with Gasteiger partial charge in [0.25, 0.3) is 0 Å². The Morgan fingerprint density at radius 1 is 0.198 bits per heavy atom. The Morgan fingerprint density at radius 2 is 0.309 bits per heavy atom. The summed E-state index contributed by atoms with van der Waals surface area (Å²) in [4.78, 5) is 40.9. The summed E-state index contributed by atoms with van der Waals surface area (Å²) in [6.45, 7) is 9.02. The molecule has 0 spiro atoms. The van der Waals surface area contributed by atoms with Crippen LogP contribution in [0.15, 0.2) is 48.6 Å². The van der Waals surface area contributed by atoms with E-state index in [0.29, 0.717) is 0 Å². The number of carbonyl (C=O) groups is 4. The van der Waals surface area contributed by atoms with Gasteiger partial charge in [-0.1, -0.05) is 282 Å². The normalized spacial score (nSPS) is 11.1. The van der Waals surface area contributed by atoms with E-state index >= 15 is 0 Å². The maximum atomic E-state index is 10.2. The van der Waals surface area contributed by atoms with Gasteiger partial charge in [0.05, 0.1) is 0 Å². The van der Waals surface area contributed by atoms with Gasteiger partial charge in [0.15, 0.2) is 0 Å². The summed E-state index contributed by atoms with van der Waals surface area (Å²) >= 11 is 0. The molecule has 0 aromatic heterocycles. The van der Waals surface area contributed by atoms with Crippen molar-refractivity contribution in [3.05, 3.63) is 48.6 Å². The topological polar surface area (TPSA) is 161 Å². The largest absolute Gasteiger partial charge is 0.550 e. The van der Waals surface area contributed by atoms with Gasteiger partial charge in [0.2, 0.25) is 0 Å². The van der Waals surface area contributed by atoms with Crippen molar-refractivity contribution in [2.45, 2.75) is 387 Å². The molecule has 0 aliphatic carbocycles. The minimum absolute atomic E-state index is 0. The molecule has 8 nitrogen and oxygen atoms in total. The molecule has 0 heterocycles. The van der Waals surface area contributed by atoms with E-state index in [1.165, 1.54) is 257 Å². The summed E-state index contributed by atoms with van der Waals surface area (Å²) in [6.07, 6.45) is 83.6. The Bertz CT molecular complexity index is 1140. The first-order valence-electron chi connectivity index (χ1n) is 34.5. The van der Waals surface area contributed by atoms with Crippen LogP contribution < -0.4 is 20.4 Å². The van der Waals surface area contributed by atoms with Gasteiger partial charge < -0.3 is 39.6 Å². The molecule has 0 unspecified atom stereocenters. The number of rotatable bonds is 60. The van der Waals surface area contributed by atoms with E-state index in [1.54, 1.807) is 0 Å². The third kappa shape index (κ3) is 103. The molecule has 0 N–H and O–H groups in total. The van der Waals surface area contributed by atoms with E-state index in [4.69, 9.17) is 0 Å². The van der Waals surface area contributed by atoms with Crippen molar-refractivity contribution in [3.63, 3.8) is 0 Å².